The minimum absolute atomic E-state index is 0.155. The molecule has 0 amide bonds. The normalized spacial score (nSPS) is 19.4. The molecule has 0 radical (unpaired) electrons. The van der Waals surface area contributed by atoms with Crippen LogP contribution in [0.15, 0.2) is 67.0 Å². The zero-order chi connectivity index (χ0) is 36.1. The summed E-state index contributed by atoms with van der Waals surface area (Å²) in [5, 5.41) is 3.86. The lowest BCUT2D eigenvalue weighted by Gasteiger charge is -2.44. The van der Waals surface area contributed by atoms with Gasteiger partial charge in [-0.1, -0.05) is 47.5 Å². The molecule has 1 unspecified atom stereocenters. The predicted molar refractivity (Wildman–Crippen MR) is 190 cm³/mol. The Balaban J connectivity index is 1.19. The zero-order valence-electron chi connectivity index (χ0n) is 28.0. The van der Waals surface area contributed by atoms with Gasteiger partial charge in [0.05, 0.1) is 24.3 Å². The Morgan fingerprint density at radius 2 is 1.69 bits per heavy atom. The maximum absolute atomic E-state index is 13.6. The zero-order valence-corrected chi connectivity index (χ0v) is 30.3. The fraction of sp³-hybridized carbons (Fsp3) is 0.378. The monoisotopic (exact) mass is 759 g/mol. The van der Waals surface area contributed by atoms with E-state index in [2.05, 4.69) is 15.2 Å². The number of hydrogen-bond acceptors (Lipinski definition) is 10. The number of benzene rings is 2. The largest absolute Gasteiger partial charge is 0.493 e. The van der Waals surface area contributed by atoms with E-state index in [9.17, 15) is 18.4 Å². The summed E-state index contributed by atoms with van der Waals surface area (Å²) in [6.45, 7) is 2.80. The standard InChI is InChI=1S/C37H37Cl2F2N3O6S/c1-47-29-8-6-22(15-31(29)48-2)30(16-26-27(38)18-42-19-28(26)39)49-36(45)33-9-7-25(51-33)17-43-34(23-4-3-5-24(14-23)35(40)41)37(46)50-32-20-44-12-10-21(32)11-13-44/h3-9,14-15,18-19,21,30,32,34-35,43H,10-13,16-17,20H2,1-2H3/t30-,32-,34?/m0/s1. The summed E-state index contributed by atoms with van der Waals surface area (Å²) in [7, 11) is 3.04. The predicted octanol–water partition coefficient (Wildman–Crippen LogP) is 8.01. The average molecular weight is 761 g/mol. The molecular weight excluding hydrogens is 723 g/mol. The van der Waals surface area contributed by atoms with Crippen LogP contribution in [0.1, 0.15) is 68.2 Å². The van der Waals surface area contributed by atoms with Gasteiger partial charge in [0.2, 0.25) is 0 Å². The van der Waals surface area contributed by atoms with E-state index in [1.807, 2.05) is 0 Å². The van der Waals surface area contributed by atoms with Crippen molar-refractivity contribution in [2.45, 2.75) is 50.5 Å². The quantitative estimate of drug-likeness (QED) is 0.128. The van der Waals surface area contributed by atoms with Gasteiger partial charge in [-0.2, -0.15) is 0 Å². The van der Waals surface area contributed by atoms with Gasteiger partial charge in [-0.05, 0) is 78.9 Å². The van der Waals surface area contributed by atoms with Crippen LogP contribution in [0.25, 0.3) is 0 Å². The minimum Gasteiger partial charge on any atom is -0.493 e. The van der Waals surface area contributed by atoms with Crippen LogP contribution >= 0.6 is 34.5 Å². The Kier molecular flexibility index (Phi) is 12.1. The van der Waals surface area contributed by atoms with Crippen LogP contribution in [0.5, 0.6) is 11.5 Å². The number of nitrogens with one attached hydrogen (secondary N) is 1. The molecular formula is C37H37Cl2F2N3O6S. The molecule has 0 aliphatic carbocycles. The summed E-state index contributed by atoms with van der Waals surface area (Å²) < 4.78 is 50.2. The molecule has 51 heavy (non-hydrogen) atoms. The van der Waals surface area contributed by atoms with Crippen molar-refractivity contribution in [2.75, 3.05) is 33.9 Å². The summed E-state index contributed by atoms with van der Waals surface area (Å²) in [6.07, 6.45) is 1.26. The van der Waals surface area contributed by atoms with Crippen LogP contribution in [0.4, 0.5) is 8.78 Å². The van der Waals surface area contributed by atoms with E-state index in [0.29, 0.717) is 49.7 Å². The highest BCUT2D eigenvalue weighted by atomic mass is 35.5. The molecule has 2 aromatic heterocycles. The van der Waals surface area contributed by atoms with Crippen LogP contribution in [-0.4, -0.2) is 61.8 Å². The number of hydrogen-bond donors (Lipinski definition) is 1. The van der Waals surface area contributed by atoms with E-state index in [-0.39, 0.29) is 30.6 Å². The van der Waals surface area contributed by atoms with Gasteiger partial charge in [-0.3, -0.25) is 15.2 Å². The van der Waals surface area contributed by atoms with Crippen molar-refractivity contribution in [2.24, 2.45) is 5.92 Å². The minimum atomic E-state index is -2.69. The second kappa shape index (κ2) is 16.7. The van der Waals surface area contributed by atoms with Gasteiger partial charge in [0.25, 0.3) is 6.43 Å². The first-order valence-electron chi connectivity index (χ1n) is 16.5. The van der Waals surface area contributed by atoms with E-state index < -0.39 is 30.5 Å². The van der Waals surface area contributed by atoms with Crippen molar-refractivity contribution in [3.63, 3.8) is 0 Å². The molecule has 0 spiro atoms. The van der Waals surface area contributed by atoms with Crippen molar-refractivity contribution in [3.05, 3.63) is 109 Å². The highest BCUT2D eigenvalue weighted by molar-refractivity contribution is 7.13. The second-order valence-electron chi connectivity index (χ2n) is 12.5. The second-order valence-corrected chi connectivity index (χ2v) is 14.4. The fourth-order valence-corrected chi connectivity index (χ4v) is 7.91. The number of rotatable bonds is 14. The Bertz CT molecular complexity index is 1830. The molecule has 5 heterocycles. The maximum Gasteiger partial charge on any atom is 0.348 e. The number of aromatic nitrogens is 1. The van der Waals surface area contributed by atoms with Crippen molar-refractivity contribution < 1.29 is 37.3 Å². The number of carbonyl (C=O) groups is 2. The lowest BCUT2D eigenvalue weighted by molar-refractivity contribution is -0.161. The molecule has 0 saturated carbocycles. The van der Waals surface area contributed by atoms with Crippen molar-refractivity contribution in [1.29, 1.82) is 0 Å². The van der Waals surface area contributed by atoms with E-state index in [1.54, 1.807) is 36.4 Å². The van der Waals surface area contributed by atoms with E-state index in [0.717, 1.165) is 30.8 Å². The lowest BCUT2D eigenvalue weighted by atomic mass is 9.86. The number of ether oxygens (including phenoxy) is 4. The summed E-state index contributed by atoms with van der Waals surface area (Å²) >= 11 is 14.1. The SMILES string of the molecule is COc1ccc([C@H](Cc2c(Cl)cncc2Cl)OC(=O)c2ccc(CNC(C(=O)O[C@H]3CN4CCC3CC4)c3cccc(C(F)F)c3)s2)cc1OC. The highest BCUT2D eigenvalue weighted by Gasteiger charge is 2.38. The Hall–Kier alpha value is -3.81. The molecule has 3 fully saturated rings. The maximum atomic E-state index is 13.6. The number of alkyl halides is 2. The Morgan fingerprint density at radius 1 is 0.961 bits per heavy atom. The molecule has 3 aliphatic rings. The first kappa shape index (κ1) is 37.0. The molecule has 7 rings (SSSR count). The first-order chi connectivity index (χ1) is 24.6. The van der Waals surface area contributed by atoms with Crippen LogP contribution in [0.3, 0.4) is 0 Å². The van der Waals surface area contributed by atoms with Crippen LogP contribution < -0.4 is 14.8 Å². The molecule has 2 aromatic carbocycles. The van der Waals surface area contributed by atoms with Gasteiger partial charge in [0.15, 0.2) is 11.5 Å². The third-order valence-corrected chi connectivity index (χ3v) is 11.0. The third kappa shape index (κ3) is 8.81. The van der Waals surface area contributed by atoms with Gasteiger partial charge in [-0.25, -0.2) is 18.4 Å². The van der Waals surface area contributed by atoms with E-state index in [4.69, 9.17) is 42.1 Å². The Morgan fingerprint density at radius 3 is 2.35 bits per heavy atom. The van der Waals surface area contributed by atoms with Crippen molar-refractivity contribution in [1.82, 2.24) is 15.2 Å². The van der Waals surface area contributed by atoms with Gasteiger partial charge in [-0.15, -0.1) is 11.3 Å². The average Bonchev–Trinajstić information content (AvgIpc) is 3.62. The van der Waals surface area contributed by atoms with E-state index >= 15 is 0 Å². The van der Waals surface area contributed by atoms with Crippen LogP contribution in [0.2, 0.25) is 10.0 Å². The summed E-state index contributed by atoms with van der Waals surface area (Å²) in [4.78, 5) is 34.6. The molecule has 4 aromatic rings. The number of thiophene rings is 1. The van der Waals surface area contributed by atoms with Crippen LogP contribution in [0, 0.1) is 5.92 Å². The topological polar surface area (TPSA) is 99.2 Å². The molecule has 3 saturated heterocycles. The summed E-state index contributed by atoms with van der Waals surface area (Å²) in [5.41, 5.74) is 1.37. The summed E-state index contributed by atoms with van der Waals surface area (Å²) in [5.74, 6) is 0.130. The number of methoxy groups -OCH3 is 2. The fourth-order valence-electron chi connectivity index (χ4n) is 6.54. The number of esters is 2. The number of nitrogens with zero attached hydrogens (tertiary/aromatic N) is 2. The van der Waals surface area contributed by atoms with Gasteiger partial charge >= 0.3 is 11.9 Å². The summed E-state index contributed by atoms with van der Waals surface area (Å²) in [6, 6.07) is 13.4. The lowest BCUT2D eigenvalue weighted by Crippen LogP contribution is -2.52. The van der Waals surface area contributed by atoms with Crippen molar-refractivity contribution >= 4 is 46.5 Å². The van der Waals surface area contributed by atoms with Crippen LogP contribution in [-0.2, 0) is 27.2 Å². The number of piperidine rings is 3. The first-order valence-corrected chi connectivity index (χ1v) is 18.0. The van der Waals surface area contributed by atoms with E-state index in [1.165, 1.54) is 56.1 Å². The van der Waals surface area contributed by atoms with Crippen molar-refractivity contribution in [3.8, 4) is 11.5 Å². The van der Waals surface area contributed by atoms with Gasteiger partial charge in [0, 0.05) is 42.3 Å². The van der Waals surface area contributed by atoms with Gasteiger partial charge in [0.1, 0.15) is 23.1 Å². The number of fused-ring (bicyclic) bond motifs is 3. The third-order valence-electron chi connectivity index (χ3n) is 9.31. The highest BCUT2D eigenvalue weighted by Crippen LogP contribution is 2.36. The number of halogens is 4. The van der Waals surface area contributed by atoms with Gasteiger partial charge < -0.3 is 18.9 Å². The molecule has 2 bridgehead atoms. The molecule has 3 atom stereocenters. The molecule has 3 aliphatic heterocycles. The number of carbonyl (C=O) groups excluding carboxylic acids is 2. The molecule has 9 nitrogen and oxygen atoms in total. The molecule has 1 N–H and O–H groups in total. The number of pyridine rings is 1. The molecule has 14 heteroatoms. The molecule has 270 valence electrons. The Labute approximate surface area is 308 Å². The smallest absolute Gasteiger partial charge is 0.348 e.